The molecule has 0 saturated carbocycles. The summed E-state index contributed by atoms with van der Waals surface area (Å²) in [6.07, 6.45) is 4.34. The van der Waals surface area contributed by atoms with Gasteiger partial charge in [-0.05, 0) is 26.2 Å². The van der Waals surface area contributed by atoms with Crippen LogP contribution in [0.2, 0.25) is 0 Å². The van der Waals surface area contributed by atoms with Crippen LogP contribution in [-0.2, 0) is 9.47 Å². The van der Waals surface area contributed by atoms with E-state index in [1.807, 2.05) is 6.92 Å². The van der Waals surface area contributed by atoms with Gasteiger partial charge in [0.05, 0.1) is 0 Å². The average Bonchev–Trinajstić information content (AvgIpc) is 2.44. The second-order valence-corrected chi connectivity index (χ2v) is 4.30. The normalized spacial score (nSPS) is 11.6. The summed E-state index contributed by atoms with van der Waals surface area (Å²) in [5.41, 5.74) is 0. The largest absolute Gasteiger partial charge is 0.382 e. The zero-order chi connectivity index (χ0) is 14.2. The molecular formula is C14H31N3O2. The summed E-state index contributed by atoms with van der Waals surface area (Å²) in [5.74, 6) is 0.852. The van der Waals surface area contributed by atoms with E-state index in [2.05, 4.69) is 22.5 Å². The molecule has 0 radical (unpaired) electrons. The van der Waals surface area contributed by atoms with Crippen molar-refractivity contribution < 1.29 is 9.47 Å². The molecule has 0 heterocycles. The van der Waals surface area contributed by atoms with Crippen LogP contribution in [-0.4, -0.2) is 52.5 Å². The van der Waals surface area contributed by atoms with Crippen LogP contribution in [0.5, 0.6) is 0 Å². The Hall–Kier alpha value is -0.810. The van der Waals surface area contributed by atoms with Gasteiger partial charge in [0.25, 0.3) is 0 Å². The number of rotatable bonds is 12. The van der Waals surface area contributed by atoms with Crippen molar-refractivity contribution in [3.05, 3.63) is 0 Å². The second-order valence-electron chi connectivity index (χ2n) is 4.30. The van der Waals surface area contributed by atoms with Gasteiger partial charge >= 0.3 is 0 Å². The minimum absolute atomic E-state index is 0.783. The van der Waals surface area contributed by atoms with Crippen LogP contribution in [0.1, 0.15) is 39.5 Å². The van der Waals surface area contributed by atoms with E-state index in [1.54, 1.807) is 7.05 Å². The van der Waals surface area contributed by atoms with Gasteiger partial charge in [-0.2, -0.15) is 0 Å². The summed E-state index contributed by atoms with van der Waals surface area (Å²) >= 11 is 0. The molecule has 0 aliphatic rings. The standard InChI is InChI=1S/C14H31N3O2/c1-4-6-11-19-13-8-10-17-14(15-3)16-9-7-12-18-5-2/h4-13H2,1-3H3,(H2,15,16,17). The molecule has 2 N–H and O–H groups in total. The smallest absolute Gasteiger partial charge is 0.190 e. The molecule has 114 valence electrons. The van der Waals surface area contributed by atoms with Gasteiger partial charge in [0.2, 0.25) is 0 Å². The van der Waals surface area contributed by atoms with Gasteiger partial charge in [0.15, 0.2) is 5.96 Å². The maximum atomic E-state index is 5.50. The predicted molar refractivity (Wildman–Crippen MR) is 80.8 cm³/mol. The van der Waals surface area contributed by atoms with Crippen LogP contribution < -0.4 is 10.6 Å². The molecular weight excluding hydrogens is 242 g/mol. The fraction of sp³-hybridized carbons (Fsp3) is 0.929. The molecule has 0 spiro atoms. The van der Waals surface area contributed by atoms with Gasteiger partial charge in [-0.3, -0.25) is 4.99 Å². The molecule has 0 aliphatic heterocycles. The summed E-state index contributed by atoms with van der Waals surface area (Å²) in [4.78, 5) is 4.17. The summed E-state index contributed by atoms with van der Waals surface area (Å²) < 4.78 is 10.8. The highest BCUT2D eigenvalue weighted by Gasteiger charge is 1.96. The Kier molecular flexibility index (Phi) is 14.6. The Morgan fingerprint density at radius 3 is 2.00 bits per heavy atom. The number of ether oxygens (including phenoxy) is 2. The molecule has 0 aliphatic carbocycles. The maximum absolute atomic E-state index is 5.50. The number of nitrogens with one attached hydrogen (secondary N) is 2. The molecule has 0 amide bonds. The molecule has 0 bridgehead atoms. The third-order valence-corrected chi connectivity index (χ3v) is 2.59. The third kappa shape index (κ3) is 13.4. The van der Waals surface area contributed by atoms with Crippen LogP contribution in [0.15, 0.2) is 4.99 Å². The van der Waals surface area contributed by atoms with Gasteiger partial charge in [0.1, 0.15) is 0 Å². The fourth-order valence-corrected chi connectivity index (χ4v) is 1.48. The van der Waals surface area contributed by atoms with Gasteiger partial charge in [-0.15, -0.1) is 0 Å². The summed E-state index contributed by atoms with van der Waals surface area (Å²) in [6.45, 7) is 9.22. The first-order chi connectivity index (χ1) is 9.35. The summed E-state index contributed by atoms with van der Waals surface area (Å²) in [6, 6.07) is 0. The van der Waals surface area contributed by atoms with E-state index >= 15 is 0 Å². The van der Waals surface area contributed by atoms with E-state index in [1.165, 1.54) is 6.42 Å². The van der Waals surface area contributed by atoms with Crippen LogP contribution in [0.25, 0.3) is 0 Å². The second kappa shape index (κ2) is 15.2. The molecule has 0 aromatic rings. The first-order valence-corrected chi connectivity index (χ1v) is 7.45. The average molecular weight is 273 g/mol. The van der Waals surface area contributed by atoms with Gasteiger partial charge in [-0.25, -0.2) is 0 Å². The van der Waals surface area contributed by atoms with Gasteiger partial charge < -0.3 is 20.1 Å². The molecule has 19 heavy (non-hydrogen) atoms. The van der Waals surface area contributed by atoms with Gasteiger partial charge in [0, 0.05) is 46.6 Å². The van der Waals surface area contributed by atoms with Crippen molar-refractivity contribution in [3.8, 4) is 0 Å². The Bertz CT molecular complexity index is 211. The van der Waals surface area contributed by atoms with Crippen LogP contribution in [0.4, 0.5) is 0 Å². The summed E-state index contributed by atoms with van der Waals surface area (Å²) in [7, 11) is 1.79. The lowest BCUT2D eigenvalue weighted by atomic mass is 10.4. The van der Waals surface area contributed by atoms with Gasteiger partial charge in [-0.1, -0.05) is 13.3 Å². The first kappa shape index (κ1) is 18.2. The lowest BCUT2D eigenvalue weighted by Crippen LogP contribution is -2.38. The van der Waals surface area contributed by atoms with Crippen molar-refractivity contribution >= 4 is 5.96 Å². The van der Waals surface area contributed by atoms with E-state index in [9.17, 15) is 0 Å². The third-order valence-electron chi connectivity index (χ3n) is 2.59. The molecule has 5 heteroatoms. The number of nitrogens with zero attached hydrogens (tertiary/aromatic N) is 1. The van der Waals surface area contributed by atoms with Crippen LogP contribution >= 0.6 is 0 Å². The molecule has 0 rings (SSSR count). The van der Waals surface area contributed by atoms with Crippen molar-refractivity contribution in [2.75, 3.05) is 46.6 Å². The van der Waals surface area contributed by atoms with E-state index in [0.717, 1.165) is 64.7 Å². The monoisotopic (exact) mass is 273 g/mol. The topological polar surface area (TPSA) is 54.9 Å². The number of hydrogen-bond acceptors (Lipinski definition) is 3. The zero-order valence-electron chi connectivity index (χ0n) is 12.8. The molecule has 0 atom stereocenters. The van der Waals surface area contributed by atoms with Crippen molar-refractivity contribution in [3.63, 3.8) is 0 Å². The highest BCUT2D eigenvalue weighted by atomic mass is 16.5. The van der Waals surface area contributed by atoms with Crippen molar-refractivity contribution in [1.82, 2.24) is 10.6 Å². The molecule has 5 nitrogen and oxygen atoms in total. The minimum Gasteiger partial charge on any atom is -0.382 e. The Morgan fingerprint density at radius 2 is 1.47 bits per heavy atom. The zero-order valence-corrected chi connectivity index (χ0v) is 12.8. The SMILES string of the molecule is CCCCOCCCNC(=NC)NCCCOCC. The molecule has 0 unspecified atom stereocenters. The quantitative estimate of drug-likeness (QED) is 0.323. The van der Waals surface area contributed by atoms with E-state index in [0.29, 0.717) is 0 Å². The predicted octanol–water partition coefficient (Wildman–Crippen LogP) is 1.78. The van der Waals surface area contributed by atoms with Crippen molar-refractivity contribution in [2.24, 2.45) is 4.99 Å². The molecule has 0 aromatic carbocycles. The van der Waals surface area contributed by atoms with E-state index < -0.39 is 0 Å². The highest BCUT2D eigenvalue weighted by molar-refractivity contribution is 5.79. The number of aliphatic imine (C=N–C) groups is 1. The fourth-order valence-electron chi connectivity index (χ4n) is 1.48. The molecule has 0 fully saturated rings. The lowest BCUT2D eigenvalue weighted by molar-refractivity contribution is 0.129. The molecule has 0 aromatic heterocycles. The Labute approximate surface area is 118 Å². The number of unbranched alkanes of at least 4 members (excludes halogenated alkanes) is 1. The Morgan fingerprint density at radius 1 is 0.895 bits per heavy atom. The first-order valence-electron chi connectivity index (χ1n) is 7.45. The maximum Gasteiger partial charge on any atom is 0.190 e. The van der Waals surface area contributed by atoms with Crippen LogP contribution in [0, 0.1) is 0 Å². The van der Waals surface area contributed by atoms with E-state index in [4.69, 9.17) is 9.47 Å². The Balaban J connectivity index is 3.35. The molecule has 0 saturated heterocycles. The minimum atomic E-state index is 0.783. The highest BCUT2D eigenvalue weighted by Crippen LogP contribution is 1.89. The lowest BCUT2D eigenvalue weighted by Gasteiger charge is -2.11. The number of hydrogen-bond donors (Lipinski definition) is 2. The van der Waals surface area contributed by atoms with Crippen molar-refractivity contribution in [1.29, 1.82) is 0 Å². The summed E-state index contributed by atoms with van der Waals surface area (Å²) in [5, 5.41) is 6.53. The van der Waals surface area contributed by atoms with Crippen LogP contribution in [0.3, 0.4) is 0 Å². The van der Waals surface area contributed by atoms with E-state index in [-0.39, 0.29) is 0 Å². The number of guanidine groups is 1. The van der Waals surface area contributed by atoms with Crippen molar-refractivity contribution in [2.45, 2.75) is 39.5 Å².